The number of carbonyl (C=O) groups is 1. The summed E-state index contributed by atoms with van der Waals surface area (Å²) in [5, 5.41) is 0. The maximum absolute atomic E-state index is 13.4. The zero-order valence-corrected chi connectivity index (χ0v) is 9.11. The lowest BCUT2D eigenvalue weighted by Crippen LogP contribution is -2.00. The Morgan fingerprint density at radius 1 is 1.54 bits per heavy atom. The van der Waals surface area contributed by atoms with E-state index >= 15 is 0 Å². The van der Waals surface area contributed by atoms with Crippen molar-refractivity contribution in [2.75, 3.05) is 0 Å². The predicted molar refractivity (Wildman–Crippen MR) is 53.2 cm³/mol. The van der Waals surface area contributed by atoms with Gasteiger partial charge in [0.1, 0.15) is 11.6 Å². The van der Waals surface area contributed by atoms with Gasteiger partial charge in [-0.15, -0.1) is 0 Å². The average Bonchev–Trinajstić information content (AvgIpc) is 1.98. The lowest BCUT2D eigenvalue weighted by atomic mass is 10.1. The number of benzene rings is 1. The van der Waals surface area contributed by atoms with Crippen LogP contribution in [0.3, 0.4) is 0 Å². The molecule has 0 aliphatic rings. The van der Waals surface area contributed by atoms with Gasteiger partial charge in [-0.05, 0) is 37.1 Å². The van der Waals surface area contributed by atoms with E-state index in [-0.39, 0.29) is 18.0 Å². The molecule has 0 heterocycles. The summed E-state index contributed by atoms with van der Waals surface area (Å²) in [7, 11) is 0. The molecule has 13 heavy (non-hydrogen) atoms. The number of halogens is 2. The van der Waals surface area contributed by atoms with Crippen LogP contribution in [-0.4, -0.2) is 5.78 Å². The van der Waals surface area contributed by atoms with Crippen LogP contribution in [0.1, 0.15) is 18.1 Å². The van der Waals surface area contributed by atoms with Gasteiger partial charge < -0.3 is 0 Å². The van der Waals surface area contributed by atoms with Gasteiger partial charge in [-0.25, -0.2) is 4.39 Å². The molecule has 0 saturated heterocycles. The van der Waals surface area contributed by atoms with E-state index in [0.29, 0.717) is 11.1 Å². The van der Waals surface area contributed by atoms with Gasteiger partial charge in [0, 0.05) is 10.9 Å². The Morgan fingerprint density at radius 3 is 2.69 bits per heavy atom. The van der Waals surface area contributed by atoms with Crippen LogP contribution in [0, 0.1) is 12.7 Å². The van der Waals surface area contributed by atoms with Crippen molar-refractivity contribution in [3.8, 4) is 0 Å². The summed E-state index contributed by atoms with van der Waals surface area (Å²) < 4.78 is 14.2. The van der Waals surface area contributed by atoms with E-state index in [4.69, 9.17) is 0 Å². The Balaban J connectivity index is 3.12. The van der Waals surface area contributed by atoms with Crippen LogP contribution in [0.2, 0.25) is 0 Å². The van der Waals surface area contributed by atoms with E-state index in [0.717, 1.165) is 4.47 Å². The first kappa shape index (κ1) is 10.4. The molecule has 0 fully saturated rings. The van der Waals surface area contributed by atoms with Crippen molar-refractivity contribution < 1.29 is 9.18 Å². The summed E-state index contributed by atoms with van der Waals surface area (Å²) in [4.78, 5) is 10.8. The molecule has 1 aromatic rings. The molecule has 0 N–H and O–H groups in total. The smallest absolute Gasteiger partial charge is 0.134 e. The van der Waals surface area contributed by atoms with E-state index in [9.17, 15) is 9.18 Å². The van der Waals surface area contributed by atoms with Crippen molar-refractivity contribution in [3.05, 3.63) is 33.5 Å². The fraction of sp³-hybridized carbons (Fsp3) is 0.300. The molecule has 0 saturated carbocycles. The molecule has 70 valence electrons. The first-order valence-corrected chi connectivity index (χ1v) is 4.74. The molecule has 3 heteroatoms. The molecular formula is C10H10BrFO. The van der Waals surface area contributed by atoms with E-state index in [1.54, 1.807) is 19.1 Å². The molecule has 1 aromatic carbocycles. The van der Waals surface area contributed by atoms with Crippen molar-refractivity contribution >= 4 is 21.7 Å². The third kappa shape index (κ3) is 2.62. The summed E-state index contributed by atoms with van der Waals surface area (Å²) >= 11 is 3.26. The molecule has 0 spiro atoms. The molecule has 1 nitrogen and oxygen atoms in total. The fourth-order valence-corrected chi connectivity index (χ4v) is 1.81. The Bertz CT molecular complexity index is 347. The molecule has 0 bridgehead atoms. The Hall–Kier alpha value is -0.700. The molecule has 0 aliphatic carbocycles. The standard InChI is InChI=1S/C10H10BrFO/c1-6-3-9(11)5-8(10(6)12)4-7(2)13/h3,5H,4H2,1-2H3. The number of ketones is 1. The Kier molecular flexibility index (Phi) is 3.20. The van der Waals surface area contributed by atoms with Crippen LogP contribution in [0.15, 0.2) is 16.6 Å². The van der Waals surface area contributed by atoms with E-state index in [2.05, 4.69) is 15.9 Å². The van der Waals surface area contributed by atoms with Gasteiger partial charge in [-0.2, -0.15) is 0 Å². The Morgan fingerprint density at radius 2 is 2.15 bits per heavy atom. The van der Waals surface area contributed by atoms with E-state index < -0.39 is 0 Å². The summed E-state index contributed by atoms with van der Waals surface area (Å²) in [5.41, 5.74) is 1.02. The number of carbonyl (C=O) groups excluding carboxylic acids is 1. The van der Waals surface area contributed by atoms with Crippen molar-refractivity contribution in [2.45, 2.75) is 20.3 Å². The lowest BCUT2D eigenvalue weighted by molar-refractivity contribution is -0.116. The van der Waals surface area contributed by atoms with Crippen molar-refractivity contribution in [2.24, 2.45) is 0 Å². The molecule has 0 aliphatic heterocycles. The molecule has 0 aromatic heterocycles. The summed E-state index contributed by atoms with van der Waals surface area (Å²) in [6, 6.07) is 3.34. The minimum Gasteiger partial charge on any atom is -0.300 e. The maximum Gasteiger partial charge on any atom is 0.134 e. The van der Waals surface area contributed by atoms with Crippen molar-refractivity contribution in [1.29, 1.82) is 0 Å². The van der Waals surface area contributed by atoms with Crippen LogP contribution in [-0.2, 0) is 11.2 Å². The summed E-state index contributed by atoms with van der Waals surface area (Å²) in [6.45, 7) is 3.14. The second kappa shape index (κ2) is 4.01. The monoisotopic (exact) mass is 244 g/mol. The molecule has 0 atom stereocenters. The van der Waals surface area contributed by atoms with Crippen LogP contribution in [0.5, 0.6) is 0 Å². The third-order valence-corrected chi connectivity index (χ3v) is 2.19. The Labute approximate surface area is 85.1 Å². The minimum absolute atomic E-state index is 0.0311. The SMILES string of the molecule is CC(=O)Cc1cc(Br)cc(C)c1F. The highest BCUT2D eigenvalue weighted by atomic mass is 79.9. The first-order chi connectivity index (χ1) is 6.00. The van der Waals surface area contributed by atoms with Crippen LogP contribution in [0.25, 0.3) is 0 Å². The third-order valence-electron chi connectivity index (χ3n) is 1.73. The van der Waals surface area contributed by atoms with E-state index in [1.165, 1.54) is 6.92 Å². The first-order valence-electron chi connectivity index (χ1n) is 3.94. The maximum atomic E-state index is 13.4. The fourth-order valence-electron chi connectivity index (χ4n) is 1.19. The number of rotatable bonds is 2. The molecule has 0 unspecified atom stereocenters. The molecule has 1 rings (SSSR count). The van der Waals surface area contributed by atoms with Crippen molar-refractivity contribution in [1.82, 2.24) is 0 Å². The topological polar surface area (TPSA) is 17.1 Å². The number of aryl methyl sites for hydroxylation is 1. The normalized spacial score (nSPS) is 10.2. The van der Waals surface area contributed by atoms with Crippen LogP contribution >= 0.6 is 15.9 Å². The van der Waals surface area contributed by atoms with E-state index in [1.807, 2.05) is 0 Å². The highest BCUT2D eigenvalue weighted by molar-refractivity contribution is 9.10. The number of hydrogen-bond acceptors (Lipinski definition) is 1. The average molecular weight is 245 g/mol. The molecular weight excluding hydrogens is 235 g/mol. The highest BCUT2D eigenvalue weighted by Gasteiger charge is 2.08. The number of Topliss-reactive ketones (excluding diaryl/α,β-unsaturated/α-hetero) is 1. The summed E-state index contributed by atoms with van der Waals surface area (Å²) in [6.07, 6.45) is 0.159. The lowest BCUT2D eigenvalue weighted by Gasteiger charge is -2.04. The molecule has 0 amide bonds. The number of hydrogen-bond donors (Lipinski definition) is 0. The van der Waals surface area contributed by atoms with Gasteiger partial charge in [0.05, 0.1) is 0 Å². The van der Waals surface area contributed by atoms with Crippen LogP contribution < -0.4 is 0 Å². The minimum atomic E-state index is -0.279. The zero-order chi connectivity index (χ0) is 10.0. The largest absolute Gasteiger partial charge is 0.300 e. The van der Waals surface area contributed by atoms with Gasteiger partial charge in [0.25, 0.3) is 0 Å². The second-order valence-corrected chi connectivity index (χ2v) is 3.99. The highest BCUT2D eigenvalue weighted by Crippen LogP contribution is 2.20. The summed E-state index contributed by atoms with van der Waals surface area (Å²) in [5.74, 6) is -0.310. The molecule has 0 radical (unpaired) electrons. The van der Waals surface area contributed by atoms with Gasteiger partial charge in [-0.1, -0.05) is 15.9 Å². The van der Waals surface area contributed by atoms with Crippen molar-refractivity contribution in [3.63, 3.8) is 0 Å². The van der Waals surface area contributed by atoms with Crippen LogP contribution in [0.4, 0.5) is 4.39 Å². The van der Waals surface area contributed by atoms with Gasteiger partial charge in [0.15, 0.2) is 0 Å². The quantitative estimate of drug-likeness (QED) is 0.782. The van der Waals surface area contributed by atoms with Gasteiger partial charge in [-0.3, -0.25) is 4.79 Å². The zero-order valence-electron chi connectivity index (χ0n) is 7.53. The van der Waals surface area contributed by atoms with Gasteiger partial charge >= 0.3 is 0 Å². The predicted octanol–water partition coefficient (Wildman–Crippen LogP) is 3.03. The van der Waals surface area contributed by atoms with Gasteiger partial charge in [0.2, 0.25) is 0 Å². The second-order valence-electron chi connectivity index (χ2n) is 3.07.